The quantitative estimate of drug-likeness (QED) is 0.777. The van der Waals surface area contributed by atoms with E-state index in [1.807, 2.05) is 0 Å². The first-order valence-electron chi connectivity index (χ1n) is 8.08. The monoisotopic (exact) mass is 394 g/mol. The molecule has 0 unspecified atom stereocenters. The zero-order chi connectivity index (χ0) is 18.8. The lowest BCUT2D eigenvalue weighted by Crippen LogP contribution is -2.35. The first kappa shape index (κ1) is 22.4. The molecular formula is C17H25F3N2O3S. The minimum atomic E-state index is -4.53. The van der Waals surface area contributed by atoms with E-state index in [4.69, 9.17) is 9.47 Å². The van der Waals surface area contributed by atoms with Gasteiger partial charge in [0.2, 0.25) is 5.88 Å². The highest BCUT2D eigenvalue weighted by Crippen LogP contribution is 2.31. The average molecular weight is 394 g/mol. The lowest BCUT2D eigenvalue weighted by molar-refractivity contribution is -0.141. The first-order chi connectivity index (χ1) is 11.5. The van der Waals surface area contributed by atoms with E-state index in [1.54, 1.807) is 25.7 Å². The van der Waals surface area contributed by atoms with Gasteiger partial charge < -0.3 is 14.4 Å². The van der Waals surface area contributed by atoms with Crippen LogP contribution in [0.1, 0.15) is 38.4 Å². The van der Waals surface area contributed by atoms with Crippen molar-refractivity contribution < 1.29 is 27.4 Å². The Morgan fingerprint density at radius 1 is 1.31 bits per heavy atom. The molecule has 0 bridgehead atoms. The fraction of sp³-hybridized carbons (Fsp3) is 0.647. The Labute approximate surface area is 158 Å². The highest BCUT2D eigenvalue weighted by molar-refractivity contribution is 7.59. The zero-order valence-corrected chi connectivity index (χ0v) is 16.3. The van der Waals surface area contributed by atoms with E-state index < -0.39 is 23.6 Å². The van der Waals surface area contributed by atoms with Crippen molar-refractivity contribution in [3.05, 3.63) is 23.4 Å². The fourth-order valence-electron chi connectivity index (χ4n) is 2.75. The number of hydrogen-bond acceptors (Lipinski definition) is 4. The van der Waals surface area contributed by atoms with Crippen LogP contribution in [0.25, 0.3) is 0 Å². The van der Waals surface area contributed by atoms with E-state index >= 15 is 0 Å². The van der Waals surface area contributed by atoms with Crippen LogP contribution in [0.4, 0.5) is 18.0 Å². The summed E-state index contributed by atoms with van der Waals surface area (Å²) in [4.78, 5) is 17.1. The molecule has 0 saturated carbocycles. The molecule has 5 nitrogen and oxygen atoms in total. The number of methoxy groups -OCH3 is 1. The summed E-state index contributed by atoms with van der Waals surface area (Å²) in [6, 6.07) is 2.55. The maximum atomic E-state index is 12.9. The van der Waals surface area contributed by atoms with E-state index in [1.165, 1.54) is 13.2 Å². The summed E-state index contributed by atoms with van der Waals surface area (Å²) in [5.41, 5.74) is -1.05. The van der Waals surface area contributed by atoms with Gasteiger partial charge in [-0.2, -0.15) is 26.7 Å². The molecule has 0 spiro atoms. The van der Waals surface area contributed by atoms with E-state index in [0.29, 0.717) is 31.5 Å². The van der Waals surface area contributed by atoms with Crippen molar-refractivity contribution in [3.63, 3.8) is 0 Å². The van der Waals surface area contributed by atoms with Crippen molar-refractivity contribution >= 4 is 19.6 Å². The molecule has 1 amide bonds. The average Bonchev–Trinajstić information content (AvgIpc) is 2.93. The number of ether oxygens (including phenoxy) is 2. The third-order valence-corrected chi connectivity index (χ3v) is 3.82. The van der Waals surface area contributed by atoms with Crippen LogP contribution in [0, 0.1) is 5.92 Å². The predicted octanol–water partition coefficient (Wildman–Crippen LogP) is 4.02. The summed E-state index contributed by atoms with van der Waals surface area (Å²) in [6.07, 6.45) is -3.79. The molecule has 1 saturated heterocycles. The van der Waals surface area contributed by atoms with Crippen LogP contribution >= 0.6 is 13.5 Å². The second-order valence-corrected chi connectivity index (χ2v) is 7.19. The van der Waals surface area contributed by atoms with Crippen molar-refractivity contribution in [1.29, 1.82) is 0 Å². The molecule has 0 aromatic carbocycles. The third-order valence-electron chi connectivity index (χ3n) is 3.82. The number of rotatable bonds is 3. The highest BCUT2D eigenvalue weighted by atomic mass is 32.1. The van der Waals surface area contributed by atoms with Crippen LogP contribution in [0.3, 0.4) is 0 Å². The Morgan fingerprint density at radius 3 is 2.50 bits per heavy atom. The molecule has 1 atom stereocenters. The standard InChI is InChI=1S/C17H23F3N2O3.H2S/c1-16(2,3)25-15(23)22-6-5-11(10-22)7-12-8-13(17(18,19)20)21-14(9-12)24-4;/h8-9,11H,5-7,10H2,1-4H3;1H2/t11-;/m1./s1. The lowest BCUT2D eigenvalue weighted by atomic mass is 9.99. The number of amides is 1. The highest BCUT2D eigenvalue weighted by Gasteiger charge is 2.34. The predicted molar refractivity (Wildman–Crippen MR) is 95.8 cm³/mol. The van der Waals surface area contributed by atoms with Gasteiger partial charge in [-0.05, 0) is 51.2 Å². The third kappa shape index (κ3) is 6.26. The van der Waals surface area contributed by atoms with Gasteiger partial charge in [0.1, 0.15) is 11.3 Å². The van der Waals surface area contributed by atoms with Crippen LogP contribution in [0.5, 0.6) is 5.88 Å². The Balaban J connectivity index is 0.00000338. The molecule has 0 N–H and O–H groups in total. The van der Waals surface area contributed by atoms with Gasteiger partial charge in [-0.25, -0.2) is 9.78 Å². The SMILES string of the molecule is COc1cc(C[C@H]2CCN(C(=O)OC(C)(C)C)C2)cc(C(F)(F)F)n1.S. The molecule has 148 valence electrons. The number of likely N-dealkylation sites (tertiary alicyclic amines) is 1. The maximum absolute atomic E-state index is 12.9. The Bertz CT molecular complexity index is 633. The van der Waals surface area contributed by atoms with Gasteiger partial charge in [0.25, 0.3) is 0 Å². The number of carbonyl (C=O) groups excluding carboxylic acids is 1. The van der Waals surface area contributed by atoms with Gasteiger partial charge in [0.05, 0.1) is 7.11 Å². The Hall–Kier alpha value is -1.64. The lowest BCUT2D eigenvalue weighted by Gasteiger charge is -2.24. The Kier molecular flexibility index (Phi) is 7.21. The first-order valence-corrected chi connectivity index (χ1v) is 8.08. The number of nitrogens with zero attached hydrogens (tertiary/aromatic N) is 2. The summed E-state index contributed by atoms with van der Waals surface area (Å²) < 4.78 is 49.0. The number of aromatic nitrogens is 1. The second-order valence-electron chi connectivity index (χ2n) is 7.19. The molecule has 0 radical (unpaired) electrons. The largest absolute Gasteiger partial charge is 0.481 e. The van der Waals surface area contributed by atoms with E-state index in [9.17, 15) is 18.0 Å². The maximum Gasteiger partial charge on any atom is 0.433 e. The van der Waals surface area contributed by atoms with Crippen molar-refractivity contribution in [2.75, 3.05) is 20.2 Å². The van der Waals surface area contributed by atoms with Gasteiger partial charge in [0, 0.05) is 19.2 Å². The number of alkyl halides is 3. The molecule has 1 aromatic rings. The van der Waals surface area contributed by atoms with Crippen LogP contribution < -0.4 is 4.74 Å². The molecule has 9 heteroatoms. The minimum Gasteiger partial charge on any atom is -0.481 e. The minimum absolute atomic E-state index is 0. The number of hydrogen-bond donors (Lipinski definition) is 0. The van der Waals surface area contributed by atoms with Crippen LogP contribution in [-0.2, 0) is 17.3 Å². The fourth-order valence-corrected chi connectivity index (χ4v) is 2.75. The van der Waals surface area contributed by atoms with Crippen molar-refractivity contribution in [2.45, 2.75) is 45.4 Å². The molecule has 1 fully saturated rings. The Morgan fingerprint density at radius 2 is 1.96 bits per heavy atom. The van der Waals surface area contributed by atoms with Gasteiger partial charge in [0.15, 0.2) is 0 Å². The van der Waals surface area contributed by atoms with Crippen LogP contribution in [-0.4, -0.2) is 41.8 Å². The molecular weight excluding hydrogens is 369 g/mol. The smallest absolute Gasteiger partial charge is 0.433 e. The van der Waals surface area contributed by atoms with Gasteiger partial charge in [-0.3, -0.25) is 0 Å². The van der Waals surface area contributed by atoms with Crippen molar-refractivity contribution in [1.82, 2.24) is 9.88 Å². The molecule has 1 aliphatic heterocycles. The molecule has 2 heterocycles. The van der Waals surface area contributed by atoms with Gasteiger partial charge in [-0.1, -0.05) is 0 Å². The summed E-state index contributed by atoms with van der Waals surface area (Å²) in [7, 11) is 1.28. The molecule has 1 aliphatic rings. The number of carbonyl (C=O) groups is 1. The topological polar surface area (TPSA) is 51.7 Å². The molecule has 0 aliphatic carbocycles. The molecule has 26 heavy (non-hydrogen) atoms. The summed E-state index contributed by atoms with van der Waals surface area (Å²) in [5, 5.41) is 0. The summed E-state index contributed by atoms with van der Waals surface area (Å²) in [6.45, 7) is 6.37. The van der Waals surface area contributed by atoms with E-state index in [2.05, 4.69) is 4.98 Å². The van der Waals surface area contributed by atoms with E-state index in [-0.39, 0.29) is 25.3 Å². The zero-order valence-electron chi connectivity index (χ0n) is 15.3. The van der Waals surface area contributed by atoms with Crippen LogP contribution in [0.2, 0.25) is 0 Å². The normalized spacial score (nSPS) is 17.7. The van der Waals surface area contributed by atoms with Crippen molar-refractivity contribution in [3.8, 4) is 5.88 Å². The second kappa shape index (κ2) is 8.37. The summed E-state index contributed by atoms with van der Waals surface area (Å²) >= 11 is 0. The van der Waals surface area contributed by atoms with E-state index in [0.717, 1.165) is 6.07 Å². The van der Waals surface area contributed by atoms with Crippen molar-refractivity contribution in [2.24, 2.45) is 5.92 Å². The molecule has 1 aromatic heterocycles. The summed E-state index contributed by atoms with van der Waals surface area (Å²) in [5.74, 6) is 0.00697. The van der Waals surface area contributed by atoms with Gasteiger partial charge in [-0.15, -0.1) is 0 Å². The number of halogens is 3. The van der Waals surface area contributed by atoms with Gasteiger partial charge >= 0.3 is 12.3 Å². The number of pyridine rings is 1. The van der Waals surface area contributed by atoms with Crippen LogP contribution in [0.15, 0.2) is 12.1 Å². The molecule has 2 rings (SSSR count).